The van der Waals surface area contributed by atoms with Crippen LogP contribution in [0.5, 0.6) is 11.5 Å². The van der Waals surface area contributed by atoms with Crippen molar-refractivity contribution in [2.45, 2.75) is 26.4 Å². The number of hydrogen-bond donors (Lipinski definition) is 0. The van der Waals surface area contributed by atoms with Crippen LogP contribution in [0, 0.1) is 11.3 Å². The molecule has 3 nitrogen and oxygen atoms in total. The molecule has 25 heavy (non-hydrogen) atoms. The number of hydrogen-bond acceptors (Lipinski definition) is 3. The number of nitrogens with zero attached hydrogens (tertiary/aromatic N) is 1. The van der Waals surface area contributed by atoms with E-state index in [4.69, 9.17) is 21.1 Å². The third kappa shape index (κ3) is 5.01. The van der Waals surface area contributed by atoms with Crippen LogP contribution >= 0.6 is 27.5 Å². The van der Waals surface area contributed by atoms with Gasteiger partial charge in [-0.25, -0.2) is 0 Å². The summed E-state index contributed by atoms with van der Waals surface area (Å²) in [5.41, 5.74) is 2.15. The molecular formula is C20H19BrClNO2. The molecule has 0 heterocycles. The quantitative estimate of drug-likeness (QED) is 0.404. The van der Waals surface area contributed by atoms with Crippen LogP contribution in [0.1, 0.15) is 31.4 Å². The van der Waals surface area contributed by atoms with E-state index in [0.29, 0.717) is 22.1 Å². The van der Waals surface area contributed by atoms with Gasteiger partial charge in [-0.2, -0.15) is 5.26 Å². The zero-order chi connectivity index (χ0) is 18.4. The molecule has 1 atom stereocenters. The minimum absolute atomic E-state index is 0.0326. The van der Waals surface area contributed by atoms with Gasteiger partial charge >= 0.3 is 0 Å². The van der Waals surface area contributed by atoms with E-state index in [-0.39, 0.29) is 6.10 Å². The highest BCUT2D eigenvalue weighted by Crippen LogP contribution is 2.38. The summed E-state index contributed by atoms with van der Waals surface area (Å²) in [6, 6.07) is 13.4. The number of methoxy groups -OCH3 is 1. The zero-order valence-electron chi connectivity index (χ0n) is 14.3. The maximum absolute atomic E-state index is 9.49. The van der Waals surface area contributed by atoms with Gasteiger partial charge in [-0.3, -0.25) is 0 Å². The summed E-state index contributed by atoms with van der Waals surface area (Å²) < 4.78 is 12.2. The maximum atomic E-state index is 9.49. The molecule has 0 aromatic heterocycles. The predicted octanol–water partition coefficient (Wildman–Crippen LogP) is 6.35. The van der Waals surface area contributed by atoms with Gasteiger partial charge in [0.15, 0.2) is 11.5 Å². The Bertz CT molecular complexity index is 810. The second kappa shape index (κ2) is 8.94. The first kappa shape index (κ1) is 19.4. The van der Waals surface area contributed by atoms with Crippen molar-refractivity contribution in [3.63, 3.8) is 0 Å². The smallest absolute Gasteiger partial charge is 0.180 e. The second-order valence-electron chi connectivity index (χ2n) is 5.55. The Kier molecular flexibility index (Phi) is 6.92. The number of benzene rings is 2. The van der Waals surface area contributed by atoms with Crippen LogP contribution in [-0.2, 0) is 0 Å². The van der Waals surface area contributed by atoms with Crippen molar-refractivity contribution in [2.24, 2.45) is 0 Å². The lowest BCUT2D eigenvalue weighted by Gasteiger charge is -2.17. The molecule has 0 radical (unpaired) electrons. The first-order valence-electron chi connectivity index (χ1n) is 7.90. The highest BCUT2D eigenvalue weighted by atomic mass is 79.9. The fourth-order valence-electron chi connectivity index (χ4n) is 2.20. The van der Waals surface area contributed by atoms with Gasteiger partial charge in [0.05, 0.1) is 29.9 Å². The van der Waals surface area contributed by atoms with Crippen LogP contribution in [0.25, 0.3) is 11.6 Å². The molecule has 0 N–H and O–H groups in total. The standard InChI is InChI=1S/C20H19BrClNO2/c1-4-13(2)25-20-18(22)10-14(11-19(20)24-3)9-16(12-23)15-5-7-17(21)8-6-15/h5-11,13H,4H2,1-3H3. The van der Waals surface area contributed by atoms with Crippen LogP contribution in [0.4, 0.5) is 0 Å². The summed E-state index contributed by atoms with van der Waals surface area (Å²) in [6.07, 6.45) is 2.68. The molecule has 2 rings (SSSR count). The van der Waals surface area contributed by atoms with Crippen molar-refractivity contribution in [3.05, 3.63) is 57.0 Å². The molecule has 0 amide bonds. The molecule has 0 fully saturated rings. The molecule has 0 saturated heterocycles. The van der Waals surface area contributed by atoms with Crippen molar-refractivity contribution < 1.29 is 9.47 Å². The molecule has 2 aromatic rings. The van der Waals surface area contributed by atoms with Gasteiger partial charge in [0, 0.05) is 4.47 Å². The van der Waals surface area contributed by atoms with E-state index in [2.05, 4.69) is 22.0 Å². The Morgan fingerprint density at radius 1 is 1.32 bits per heavy atom. The minimum Gasteiger partial charge on any atom is -0.493 e. The Hall–Kier alpha value is -1.96. The summed E-state index contributed by atoms with van der Waals surface area (Å²) in [7, 11) is 1.57. The Labute approximate surface area is 162 Å². The summed E-state index contributed by atoms with van der Waals surface area (Å²) in [5.74, 6) is 1.07. The fourth-order valence-corrected chi connectivity index (χ4v) is 2.73. The normalized spacial score (nSPS) is 12.4. The topological polar surface area (TPSA) is 42.2 Å². The van der Waals surface area contributed by atoms with E-state index in [9.17, 15) is 5.26 Å². The number of halogens is 2. The molecule has 0 saturated carbocycles. The molecule has 5 heteroatoms. The lowest BCUT2D eigenvalue weighted by Crippen LogP contribution is -2.11. The predicted molar refractivity (Wildman–Crippen MR) is 106 cm³/mol. The summed E-state index contributed by atoms with van der Waals surface area (Å²) >= 11 is 9.78. The van der Waals surface area contributed by atoms with Gasteiger partial charge in [-0.15, -0.1) is 0 Å². The highest BCUT2D eigenvalue weighted by molar-refractivity contribution is 9.10. The van der Waals surface area contributed by atoms with Gasteiger partial charge in [-0.1, -0.05) is 46.6 Å². The monoisotopic (exact) mass is 419 g/mol. The number of rotatable bonds is 6. The van der Waals surface area contributed by atoms with E-state index in [1.54, 1.807) is 19.3 Å². The molecule has 130 valence electrons. The van der Waals surface area contributed by atoms with Gasteiger partial charge in [0.25, 0.3) is 0 Å². The number of nitriles is 1. The van der Waals surface area contributed by atoms with Crippen LogP contribution in [0.3, 0.4) is 0 Å². The largest absolute Gasteiger partial charge is 0.493 e. The maximum Gasteiger partial charge on any atom is 0.180 e. The van der Waals surface area contributed by atoms with Crippen molar-refractivity contribution in [1.82, 2.24) is 0 Å². The summed E-state index contributed by atoms with van der Waals surface area (Å²) in [4.78, 5) is 0. The van der Waals surface area contributed by atoms with Gasteiger partial charge in [-0.05, 0) is 54.8 Å². The zero-order valence-corrected chi connectivity index (χ0v) is 16.7. The van der Waals surface area contributed by atoms with Gasteiger partial charge in [0.2, 0.25) is 0 Å². The van der Waals surface area contributed by atoms with E-state index in [0.717, 1.165) is 22.0 Å². The van der Waals surface area contributed by atoms with Crippen LogP contribution in [0.15, 0.2) is 40.9 Å². The summed E-state index contributed by atoms with van der Waals surface area (Å²) in [5, 5.41) is 9.95. The van der Waals surface area contributed by atoms with Crippen LogP contribution in [0.2, 0.25) is 5.02 Å². The van der Waals surface area contributed by atoms with E-state index >= 15 is 0 Å². The van der Waals surface area contributed by atoms with E-state index < -0.39 is 0 Å². The first-order valence-corrected chi connectivity index (χ1v) is 9.07. The molecule has 0 bridgehead atoms. The van der Waals surface area contributed by atoms with Crippen molar-refractivity contribution >= 4 is 39.2 Å². The average Bonchev–Trinajstić information content (AvgIpc) is 2.62. The summed E-state index contributed by atoms with van der Waals surface area (Å²) in [6.45, 7) is 4.02. The van der Waals surface area contributed by atoms with Crippen molar-refractivity contribution in [3.8, 4) is 17.6 Å². The third-order valence-corrected chi connectivity index (χ3v) is 4.54. The highest BCUT2D eigenvalue weighted by Gasteiger charge is 2.14. The molecular weight excluding hydrogens is 402 g/mol. The van der Waals surface area contributed by atoms with Gasteiger partial charge in [0.1, 0.15) is 0 Å². The van der Waals surface area contributed by atoms with Crippen molar-refractivity contribution in [2.75, 3.05) is 7.11 Å². The molecule has 0 aliphatic carbocycles. The molecule has 0 aliphatic heterocycles. The Morgan fingerprint density at radius 2 is 2.00 bits per heavy atom. The molecule has 0 aliphatic rings. The van der Waals surface area contributed by atoms with Crippen LogP contribution < -0.4 is 9.47 Å². The Balaban J connectivity index is 2.43. The number of ether oxygens (including phenoxy) is 2. The third-order valence-electron chi connectivity index (χ3n) is 3.73. The van der Waals surface area contributed by atoms with E-state index in [1.165, 1.54) is 0 Å². The molecule has 2 aromatic carbocycles. The van der Waals surface area contributed by atoms with Gasteiger partial charge < -0.3 is 9.47 Å². The minimum atomic E-state index is 0.0326. The lowest BCUT2D eigenvalue weighted by atomic mass is 10.0. The molecule has 1 unspecified atom stereocenters. The van der Waals surface area contributed by atoms with Crippen molar-refractivity contribution in [1.29, 1.82) is 5.26 Å². The first-order chi connectivity index (χ1) is 12.0. The average molecular weight is 421 g/mol. The second-order valence-corrected chi connectivity index (χ2v) is 6.87. The Morgan fingerprint density at radius 3 is 2.56 bits per heavy atom. The van der Waals surface area contributed by atoms with Crippen LogP contribution in [-0.4, -0.2) is 13.2 Å². The number of allylic oxidation sites excluding steroid dienone is 1. The molecule has 0 spiro atoms. The lowest BCUT2D eigenvalue weighted by molar-refractivity contribution is 0.208. The SMILES string of the molecule is CCC(C)Oc1c(Cl)cc(C=C(C#N)c2ccc(Br)cc2)cc1OC. The fraction of sp³-hybridized carbons (Fsp3) is 0.250. The van der Waals surface area contributed by atoms with E-state index in [1.807, 2.05) is 44.2 Å².